The minimum atomic E-state index is -3.96. The van der Waals surface area contributed by atoms with Crippen molar-refractivity contribution in [3.63, 3.8) is 0 Å². The van der Waals surface area contributed by atoms with Gasteiger partial charge in [-0.2, -0.15) is 0 Å². The number of ether oxygens (including phenoxy) is 1. The van der Waals surface area contributed by atoms with E-state index >= 15 is 0 Å². The number of methoxy groups -OCH3 is 1. The fourth-order valence-corrected chi connectivity index (χ4v) is 4.39. The summed E-state index contributed by atoms with van der Waals surface area (Å²) in [4.78, 5) is 12.6. The van der Waals surface area contributed by atoms with E-state index in [1.54, 1.807) is 18.2 Å². The lowest BCUT2D eigenvalue weighted by molar-refractivity contribution is 0.0950. The summed E-state index contributed by atoms with van der Waals surface area (Å²) in [6.45, 7) is 4.35. The summed E-state index contributed by atoms with van der Waals surface area (Å²) >= 11 is 0. The minimum absolute atomic E-state index is 0.0990. The molecule has 0 unspecified atom stereocenters. The normalized spacial score (nSPS) is 11.1. The number of carbonyl (C=O) groups excluding carboxylic acids is 1. The zero-order valence-electron chi connectivity index (χ0n) is 17.8. The molecule has 3 aromatic carbocycles. The van der Waals surface area contributed by atoms with E-state index in [0.717, 1.165) is 23.1 Å². The molecule has 0 fully saturated rings. The predicted molar refractivity (Wildman–Crippen MR) is 122 cm³/mol. The molecule has 1 amide bonds. The van der Waals surface area contributed by atoms with Gasteiger partial charge in [0.25, 0.3) is 15.9 Å². The standard InChI is InChI=1S/C24H26N2O4S/c1-4-18-9-12-21(13-10-18)26-31(28,29)23-15-19(11-14-22(23)30-3)24(27)25-16-20-8-6-5-7-17(20)2/h5-15,26H,4,16H2,1-3H3,(H,25,27). The first kappa shape index (κ1) is 22.4. The Balaban J connectivity index is 1.83. The lowest BCUT2D eigenvalue weighted by Gasteiger charge is -2.14. The van der Waals surface area contributed by atoms with Crippen molar-refractivity contribution in [1.82, 2.24) is 5.32 Å². The topological polar surface area (TPSA) is 84.5 Å². The summed E-state index contributed by atoms with van der Waals surface area (Å²) in [5, 5.41) is 2.84. The molecular weight excluding hydrogens is 412 g/mol. The van der Waals surface area contributed by atoms with Gasteiger partial charge in [0.05, 0.1) is 7.11 Å². The summed E-state index contributed by atoms with van der Waals surface area (Å²) in [5.74, 6) is -0.206. The highest BCUT2D eigenvalue weighted by atomic mass is 32.2. The van der Waals surface area contributed by atoms with Gasteiger partial charge in [0.2, 0.25) is 0 Å². The molecule has 0 radical (unpaired) electrons. The lowest BCUT2D eigenvalue weighted by Crippen LogP contribution is -2.24. The third-order valence-electron chi connectivity index (χ3n) is 5.03. The summed E-state index contributed by atoms with van der Waals surface area (Å²) in [5.41, 5.74) is 3.84. The van der Waals surface area contributed by atoms with E-state index < -0.39 is 10.0 Å². The van der Waals surface area contributed by atoms with E-state index in [9.17, 15) is 13.2 Å². The second-order valence-corrected chi connectivity index (χ2v) is 8.78. The summed E-state index contributed by atoms with van der Waals surface area (Å²) in [7, 11) is -2.57. The average Bonchev–Trinajstić information content (AvgIpc) is 2.78. The van der Waals surface area contributed by atoms with Crippen molar-refractivity contribution in [2.24, 2.45) is 0 Å². The van der Waals surface area contributed by atoms with Crippen LogP contribution in [0.15, 0.2) is 71.6 Å². The van der Waals surface area contributed by atoms with Gasteiger partial charge in [0.1, 0.15) is 10.6 Å². The van der Waals surface area contributed by atoms with Crippen molar-refractivity contribution >= 4 is 21.6 Å². The minimum Gasteiger partial charge on any atom is -0.495 e. The van der Waals surface area contributed by atoms with Gasteiger partial charge in [-0.3, -0.25) is 9.52 Å². The highest BCUT2D eigenvalue weighted by molar-refractivity contribution is 7.92. The number of nitrogens with one attached hydrogen (secondary N) is 2. The van der Waals surface area contributed by atoms with Crippen LogP contribution in [0, 0.1) is 6.92 Å². The van der Waals surface area contributed by atoms with E-state index in [4.69, 9.17) is 4.74 Å². The van der Waals surface area contributed by atoms with Gasteiger partial charge in [-0.1, -0.05) is 43.3 Å². The van der Waals surface area contributed by atoms with Crippen LogP contribution in [0.3, 0.4) is 0 Å². The third-order valence-corrected chi connectivity index (χ3v) is 6.43. The first-order valence-electron chi connectivity index (χ1n) is 9.96. The van der Waals surface area contributed by atoms with Crippen LogP contribution in [0.25, 0.3) is 0 Å². The van der Waals surface area contributed by atoms with Crippen LogP contribution >= 0.6 is 0 Å². The molecule has 0 atom stereocenters. The fourth-order valence-electron chi connectivity index (χ4n) is 3.13. The number of sulfonamides is 1. The zero-order valence-corrected chi connectivity index (χ0v) is 18.6. The molecule has 0 bridgehead atoms. The lowest BCUT2D eigenvalue weighted by atomic mass is 10.1. The first-order valence-corrected chi connectivity index (χ1v) is 11.4. The van der Waals surface area contributed by atoms with E-state index in [1.165, 1.54) is 19.2 Å². The van der Waals surface area contributed by atoms with Crippen molar-refractivity contribution in [1.29, 1.82) is 0 Å². The summed E-state index contributed by atoms with van der Waals surface area (Å²) < 4.78 is 33.8. The van der Waals surface area contributed by atoms with E-state index in [1.807, 2.05) is 50.2 Å². The van der Waals surface area contributed by atoms with E-state index in [2.05, 4.69) is 10.0 Å². The number of hydrogen-bond acceptors (Lipinski definition) is 4. The first-order chi connectivity index (χ1) is 14.8. The Labute approximate surface area is 183 Å². The van der Waals surface area contributed by atoms with Gasteiger partial charge >= 0.3 is 0 Å². The molecule has 162 valence electrons. The maximum atomic E-state index is 13.0. The Morgan fingerprint density at radius 1 is 1.00 bits per heavy atom. The van der Waals surface area contributed by atoms with Crippen LogP contribution in [-0.2, 0) is 23.0 Å². The SMILES string of the molecule is CCc1ccc(NS(=O)(=O)c2cc(C(=O)NCc3ccccc3C)ccc2OC)cc1. The van der Waals surface area contributed by atoms with Crippen molar-refractivity contribution < 1.29 is 17.9 Å². The monoisotopic (exact) mass is 438 g/mol. The molecule has 2 N–H and O–H groups in total. The van der Waals surface area contributed by atoms with Crippen molar-refractivity contribution in [3.8, 4) is 5.75 Å². The predicted octanol–water partition coefficient (Wildman–Crippen LogP) is 4.30. The Hall–Kier alpha value is -3.32. The second-order valence-electron chi connectivity index (χ2n) is 7.13. The molecule has 0 saturated heterocycles. The molecule has 3 aromatic rings. The van der Waals surface area contributed by atoms with Crippen LogP contribution in [-0.4, -0.2) is 21.4 Å². The maximum absolute atomic E-state index is 13.0. The Kier molecular flexibility index (Phi) is 6.97. The molecule has 3 rings (SSSR count). The number of hydrogen-bond donors (Lipinski definition) is 2. The van der Waals surface area contributed by atoms with Gasteiger partial charge in [0.15, 0.2) is 0 Å². The molecule has 6 nitrogen and oxygen atoms in total. The zero-order chi connectivity index (χ0) is 22.4. The Morgan fingerprint density at radius 3 is 2.35 bits per heavy atom. The Morgan fingerprint density at radius 2 is 1.71 bits per heavy atom. The molecule has 0 aliphatic rings. The third kappa shape index (κ3) is 5.44. The molecule has 31 heavy (non-hydrogen) atoms. The molecule has 0 aliphatic heterocycles. The number of amides is 1. The van der Waals surface area contributed by atoms with Gasteiger partial charge in [-0.15, -0.1) is 0 Å². The highest BCUT2D eigenvalue weighted by Gasteiger charge is 2.22. The van der Waals surface area contributed by atoms with Crippen LogP contribution in [0.1, 0.15) is 34.0 Å². The molecule has 0 heterocycles. The molecule has 0 aromatic heterocycles. The van der Waals surface area contributed by atoms with Crippen molar-refractivity contribution in [2.45, 2.75) is 31.7 Å². The molecule has 0 spiro atoms. The van der Waals surface area contributed by atoms with Crippen molar-refractivity contribution in [3.05, 3.63) is 89.0 Å². The number of carbonyl (C=O) groups is 1. The maximum Gasteiger partial charge on any atom is 0.265 e. The van der Waals surface area contributed by atoms with Gasteiger partial charge < -0.3 is 10.1 Å². The number of aryl methyl sites for hydroxylation is 2. The van der Waals surface area contributed by atoms with Crippen LogP contribution < -0.4 is 14.8 Å². The second kappa shape index (κ2) is 9.66. The number of rotatable bonds is 8. The van der Waals surface area contributed by atoms with Crippen LogP contribution in [0.2, 0.25) is 0 Å². The van der Waals surface area contributed by atoms with E-state index in [-0.39, 0.29) is 22.1 Å². The summed E-state index contributed by atoms with van der Waals surface area (Å²) in [6, 6.07) is 19.3. The van der Waals surface area contributed by atoms with E-state index in [0.29, 0.717) is 12.2 Å². The number of benzene rings is 3. The summed E-state index contributed by atoms with van der Waals surface area (Å²) in [6.07, 6.45) is 0.862. The molecule has 0 aliphatic carbocycles. The van der Waals surface area contributed by atoms with Crippen LogP contribution in [0.4, 0.5) is 5.69 Å². The molecular formula is C24H26N2O4S. The van der Waals surface area contributed by atoms with Gasteiger partial charge in [-0.25, -0.2) is 8.42 Å². The smallest absolute Gasteiger partial charge is 0.265 e. The molecule has 7 heteroatoms. The van der Waals surface area contributed by atoms with Crippen molar-refractivity contribution in [2.75, 3.05) is 11.8 Å². The fraction of sp³-hybridized carbons (Fsp3) is 0.208. The average molecular weight is 439 g/mol. The quantitative estimate of drug-likeness (QED) is 0.549. The largest absolute Gasteiger partial charge is 0.495 e. The Bertz CT molecular complexity index is 1170. The number of anilines is 1. The van der Waals surface area contributed by atoms with Crippen LogP contribution in [0.5, 0.6) is 5.75 Å². The van der Waals surface area contributed by atoms with Gasteiger partial charge in [-0.05, 0) is 60.4 Å². The molecule has 0 saturated carbocycles. The highest BCUT2D eigenvalue weighted by Crippen LogP contribution is 2.27. The van der Waals surface area contributed by atoms with Gasteiger partial charge in [0, 0.05) is 17.8 Å².